The van der Waals surface area contributed by atoms with Gasteiger partial charge in [-0.3, -0.25) is 33.8 Å². The number of sulfonamides is 1. The number of β-amino-alcohol motifs (C(OH)–C–C–N with tert-alkyl or cyclic N) is 1. The van der Waals surface area contributed by atoms with Crippen LogP contribution in [0.25, 0.3) is 10.4 Å². The van der Waals surface area contributed by atoms with E-state index in [9.17, 15) is 59.1 Å². The molecule has 4 heterocycles. The Morgan fingerprint density at radius 3 is 2.13 bits per heavy atom. The summed E-state index contributed by atoms with van der Waals surface area (Å²) in [5.74, 6) is -2.08. The van der Waals surface area contributed by atoms with E-state index in [0.29, 0.717) is 64.5 Å². The van der Waals surface area contributed by atoms with E-state index >= 15 is 0 Å². The molecule has 0 radical (unpaired) electrons. The third kappa shape index (κ3) is 21.8. The molecule has 0 bridgehead atoms. The molecule has 3 saturated heterocycles. The fourth-order valence-electron chi connectivity index (χ4n) is 13.9. The van der Waals surface area contributed by atoms with Gasteiger partial charge >= 0.3 is 5.51 Å². The Labute approximate surface area is 620 Å². The van der Waals surface area contributed by atoms with Crippen LogP contribution in [0.1, 0.15) is 160 Å². The van der Waals surface area contributed by atoms with E-state index < -0.39 is 94.3 Å². The normalized spacial score (nSPS) is 18.8. The molecule has 5 atom stereocenters. The second-order valence-electron chi connectivity index (χ2n) is 29.9. The predicted molar refractivity (Wildman–Crippen MR) is 404 cm³/mol. The Morgan fingerprint density at radius 1 is 0.817 bits per heavy atom. The first-order chi connectivity index (χ1) is 49.2. The average Bonchev–Trinajstić information content (AvgIpc) is 0.877. The summed E-state index contributed by atoms with van der Waals surface area (Å²) in [6.45, 7) is 26.5. The molecule has 20 nitrogen and oxygen atoms in total. The number of carbonyl (C=O) groups is 5. The lowest BCUT2D eigenvalue weighted by molar-refractivity contribution is -0.144. The van der Waals surface area contributed by atoms with Gasteiger partial charge < -0.3 is 35.8 Å². The molecule has 5 aromatic rings. The van der Waals surface area contributed by atoms with E-state index in [4.69, 9.17) is 0 Å². The predicted octanol–water partition coefficient (Wildman–Crippen LogP) is 12.3. The number of alkyl halides is 3. The zero-order chi connectivity index (χ0) is 75.3. The number of nitrogens with one attached hydrogen (secondary N) is 4. The molecule has 5 amide bonds. The number of piperazine rings is 2. The van der Waals surface area contributed by atoms with Crippen molar-refractivity contribution >= 4 is 83.9 Å². The van der Waals surface area contributed by atoms with Gasteiger partial charge in [0, 0.05) is 119 Å². The van der Waals surface area contributed by atoms with Crippen LogP contribution in [-0.2, 0) is 39.0 Å². The van der Waals surface area contributed by atoms with E-state index in [1.807, 2.05) is 93.9 Å². The van der Waals surface area contributed by atoms with Crippen molar-refractivity contribution in [3.05, 3.63) is 143 Å². The summed E-state index contributed by atoms with van der Waals surface area (Å²) in [5, 5.41) is 19.7. The number of benzene rings is 4. The maximum absolute atomic E-state index is 14.6. The number of hydrogen-bond donors (Lipinski definition) is 5. The lowest BCUT2D eigenvalue weighted by Crippen LogP contribution is -2.57. The Kier molecular flexibility index (Phi) is 27.6. The minimum absolute atomic E-state index is 0.0293. The fraction of sp³-hybridized carbons (Fsp3) is 0.532. The van der Waals surface area contributed by atoms with Crippen molar-refractivity contribution in [2.45, 2.75) is 189 Å². The van der Waals surface area contributed by atoms with Gasteiger partial charge in [-0.15, -0.1) is 23.1 Å². The number of thioether (sulfide) groups is 1. The van der Waals surface area contributed by atoms with Gasteiger partial charge in [0.15, 0.2) is 0 Å². The number of allylic oxidation sites excluding steroid dienone is 2. The fourth-order valence-corrected chi connectivity index (χ4v) is 17.7. The Bertz CT molecular complexity index is 4080. The molecule has 1 aliphatic carbocycles. The number of thiazole rings is 1. The highest BCUT2D eigenvalue weighted by molar-refractivity contribution is 7.99. The van der Waals surface area contributed by atoms with Crippen molar-refractivity contribution in [3.8, 4) is 10.4 Å². The van der Waals surface area contributed by atoms with Gasteiger partial charge in [0.1, 0.15) is 17.0 Å². The van der Waals surface area contributed by atoms with Gasteiger partial charge in [0.05, 0.1) is 38.8 Å². The summed E-state index contributed by atoms with van der Waals surface area (Å²) in [4.78, 5) is 82.7. The van der Waals surface area contributed by atoms with Crippen molar-refractivity contribution in [3.63, 3.8) is 0 Å². The van der Waals surface area contributed by atoms with E-state index in [1.54, 1.807) is 39.5 Å². The van der Waals surface area contributed by atoms with Gasteiger partial charge in [-0.2, -0.15) is 13.2 Å². The molecule has 27 heteroatoms. The van der Waals surface area contributed by atoms with Crippen LogP contribution < -0.4 is 25.6 Å². The number of aryl methyl sites for hydroxylation is 1. The lowest BCUT2D eigenvalue weighted by atomic mass is 9.73. The van der Waals surface area contributed by atoms with Gasteiger partial charge in [0.2, 0.25) is 23.6 Å². The van der Waals surface area contributed by atoms with Gasteiger partial charge in [-0.25, -0.2) is 26.5 Å². The van der Waals surface area contributed by atoms with E-state index in [1.165, 1.54) is 39.9 Å². The minimum atomic E-state index is -6.18. The first-order valence-electron chi connectivity index (χ1n) is 36.2. The highest BCUT2D eigenvalue weighted by Gasteiger charge is 2.49. The highest BCUT2D eigenvalue weighted by Crippen LogP contribution is 2.42. The van der Waals surface area contributed by atoms with Gasteiger partial charge in [0.25, 0.3) is 25.8 Å². The van der Waals surface area contributed by atoms with Gasteiger partial charge in [-0.05, 0) is 148 Å². The number of nitrogens with zero attached hydrogens (tertiary/aromatic N) is 6. The quantitative estimate of drug-likeness (QED) is 0.0157. The molecule has 3 fully saturated rings. The summed E-state index contributed by atoms with van der Waals surface area (Å²) in [6, 6.07) is 22.8. The number of aliphatic hydroxyl groups excluding tert-OH is 1. The van der Waals surface area contributed by atoms with Crippen LogP contribution in [0.5, 0.6) is 0 Å². The van der Waals surface area contributed by atoms with Crippen molar-refractivity contribution in [2.75, 3.05) is 88.0 Å². The molecule has 1 aromatic heterocycles. The second kappa shape index (κ2) is 35.5. The first-order valence-corrected chi connectivity index (χ1v) is 41.0. The Morgan fingerprint density at radius 2 is 1.49 bits per heavy atom. The van der Waals surface area contributed by atoms with E-state index in [-0.39, 0.29) is 54.4 Å². The number of amides is 5. The minimum Gasteiger partial charge on any atom is -0.391 e. The number of anilines is 2. The van der Waals surface area contributed by atoms with Crippen LogP contribution in [0.3, 0.4) is 0 Å². The maximum Gasteiger partial charge on any atom is 0.501 e. The summed E-state index contributed by atoms with van der Waals surface area (Å²) in [7, 11) is -11.1. The third-order valence-corrected chi connectivity index (χ3v) is 25.4. The van der Waals surface area contributed by atoms with Crippen molar-refractivity contribution < 1.29 is 59.1 Å². The first kappa shape index (κ1) is 80.9. The number of rotatable bonds is 31. The molecule has 9 rings (SSSR count). The molecule has 1 unspecified atom stereocenters. The van der Waals surface area contributed by atoms with Crippen LogP contribution >= 0.6 is 23.1 Å². The molecule has 0 saturated carbocycles. The lowest BCUT2D eigenvalue weighted by Gasteiger charge is -2.39. The molecule has 3 aliphatic heterocycles. The SMILES string of the molecule is C=C(CC)CCC1=C(CN2CCN(c3ccc(C(=O)NS(=O)(=O)c4ccc(N[C@H](CCN5CCN(C(=O)CCCCCC(=O)NC(C(=O)N6C[C@H](O)C[C@H]6C(=O)N[C@@H](C)c6ccc(-c7scnc7C)cc6)C(C)(C)C)CC5)CSc5ccccc5)c(S(=O)(=O)C(F)(F)F)c4)cc3)CC2)CCC(C)(C)C1. The molecule has 0 spiro atoms. The van der Waals surface area contributed by atoms with Crippen molar-refractivity contribution in [1.29, 1.82) is 0 Å². The zero-order valence-electron chi connectivity index (χ0n) is 61.2. The van der Waals surface area contributed by atoms with Crippen LogP contribution in [0, 0.1) is 17.8 Å². The van der Waals surface area contributed by atoms with Crippen molar-refractivity contribution in [1.82, 2.24) is 39.9 Å². The van der Waals surface area contributed by atoms with Gasteiger partial charge in [-0.1, -0.05) is 114 Å². The largest absolute Gasteiger partial charge is 0.501 e. The monoisotopic (exact) mass is 1510 g/mol. The number of likely N-dealkylation sites (tertiary alicyclic amines) is 1. The molecular weight excluding hydrogens is 1410 g/mol. The van der Waals surface area contributed by atoms with Crippen LogP contribution in [0.4, 0.5) is 24.5 Å². The van der Waals surface area contributed by atoms with E-state index in [2.05, 4.69) is 63.0 Å². The summed E-state index contributed by atoms with van der Waals surface area (Å²) < 4.78 is 100. The summed E-state index contributed by atoms with van der Waals surface area (Å²) >= 11 is 2.94. The number of unbranched alkanes of at least 4 members (excludes halogenated alkanes) is 2. The Balaban J connectivity index is 0.742. The van der Waals surface area contributed by atoms with Crippen LogP contribution in [-0.4, -0.2) is 184 Å². The van der Waals surface area contributed by atoms with Crippen LogP contribution in [0.2, 0.25) is 0 Å². The topological polar surface area (TPSA) is 251 Å². The summed E-state index contributed by atoms with van der Waals surface area (Å²) in [5.41, 5.74) is 3.02. The number of halogens is 3. The molecule has 566 valence electrons. The second-order valence-corrected chi connectivity index (χ2v) is 35.5. The maximum atomic E-state index is 14.6. The van der Waals surface area contributed by atoms with Crippen molar-refractivity contribution in [2.24, 2.45) is 10.8 Å². The molecular formula is C77H103F3N10O10S4. The Hall–Kier alpha value is -7.14. The van der Waals surface area contributed by atoms with E-state index in [0.717, 1.165) is 116 Å². The third-order valence-electron chi connectivity index (χ3n) is 20.4. The molecule has 5 N–H and O–H groups in total. The molecule has 4 aromatic carbocycles. The number of aliphatic hydroxyl groups is 1. The summed E-state index contributed by atoms with van der Waals surface area (Å²) in [6.07, 6.45) is 7.65. The number of sulfone groups is 1. The molecule has 104 heavy (non-hydrogen) atoms. The highest BCUT2D eigenvalue weighted by atomic mass is 32.2. The number of hydrogen-bond acceptors (Lipinski definition) is 17. The average molecular weight is 1510 g/mol. The zero-order valence-corrected chi connectivity index (χ0v) is 64.4. The number of carbonyl (C=O) groups excluding carboxylic acids is 5. The van der Waals surface area contributed by atoms with Crippen LogP contribution in [0.15, 0.2) is 141 Å². The molecule has 4 aliphatic rings. The number of aromatic nitrogens is 1. The smallest absolute Gasteiger partial charge is 0.391 e. The standard InChI is InChI=1S/C77H103F3N10O10S4/c1-10-52(2)21-22-58-47-76(8,9)35-33-59(58)48-87-39-41-88(42-40-87)61-29-27-57(28-30-61)72(94)85-104(99,100)64-31-32-65(67(46-64)103(97,98)77(78,79)80)83-60(50-101-63-17-13-11-14-18-63)34-36-86-37-43-89(44-38-86)69(93)20-16-12-15-19-68(92)84-71(75(5,6)7)74(96)90-49-62(91)45-66(90)73(95)82-53(3)55-23-25-56(26-24-55)70-54(4)81-51-102-70/h11,13-14,17-18,23-32,46,51,53,60,62,66,71,83,91H,2,10,12,15-16,19-22,33-45,47-50H2,1,3-9H3,(H,82,95)(H,84,92)(H,85,94)/t53-,60+,62+,66-,71?/m0/s1.